The van der Waals surface area contributed by atoms with Crippen molar-refractivity contribution in [2.45, 2.75) is 25.3 Å². The number of benzene rings is 1. The standard InChI is InChI=1S/C13H16Cl2N4S/c1-19-5-2-3-8(4-6-19)16-11-9(14)7-10(15)12-13(11)18-20-17-12/h7-8,16H,2-6H2,1H3. The smallest absolute Gasteiger partial charge is 0.130 e. The number of hydrogen-bond acceptors (Lipinski definition) is 5. The monoisotopic (exact) mass is 330 g/mol. The molecule has 0 bridgehead atoms. The summed E-state index contributed by atoms with van der Waals surface area (Å²) in [6, 6.07) is 2.17. The van der Waals surface area contributed by atoms with Gasteiger partial charge in [0.1, 0.15) is 11.0 Å². The van der Waals surface area contributed by atoms with Gasteiger partial charge in [0.05, 0.1) is 27.5 Å². The van der Waals surface area contributed by atoms with Crippen LogP contribution < -0.4 is 5.32 Å². The van der Waals surface area contributed by atoms with Gasteiger partial charge in [0.2, 0.25) is 0 Å². The number of likely N-dealkylation sites (tertiary alicyclic amines) is 1. The van der Waals surface area contributed by atoms with Crippen molar-refractivity contribution in [1.29, 1.82) is 0 Å². The van der Waals surface area contributed by atoms with Crippen LogP contribution in [0.4, 0.5) is 5.69 Å². The highest BCUT2D eigenvalue weighted by Gasteiger charge is 2.19. The lowest BCUT2D eigenvalue weighted by atomic mass is 10.1. The molecule has 1 atom stereocenters. The minimum Gasteiger partial charge on any atom is -0.379 e. The predicted octanol–water partition coefficient (Wildman–Crippen LogP) is 3.89. The SMILES string of the molecule is CN1CCCC(Nc2c(Cl)cc(Cl)c3nsnc23)CC1. The van der Waals surface area contributed by atoms with Crippen molar-refractivity contribution in [2.75, 3.05) is 25.5 Å². The van der Waals surface area contributed by atoms with E-state index in [0.29, 0.717) is 16.1 Å². The summed E-state index contributed by atoms with van der Waals surface area (Å²) >= 11 is 13.6. The van der Waals surface area contributed by atoms with E-state index in [4.69, 9.17) is 23.2 Å². The maximum Gasteiger partial charge on any atom is 0.130 e. The number of fused-ring (bicyclic) bond motifs is 1. The first-order chi connectivity index (χ1) is 9.65. The molecule has 0 spiro atoms. The second-order valence-electron chi connectivity index (χ2n) is 5.25. The molecule has 7 heteroatoms. The summed E-state index contributed by atoms with van der Waals surface area (Å²) < 4.78 is 8.57. The predicted molar refractivity (Wildman–Crippen MR) is 86.2 cm³/mol. The van der Waals surface area contributed by atoms with E-state index in [1.807, 2.05) is 0 Å². The van der Waals surface area contributed by atoms with Crippen LogP contribution in [0.5, 0.6) is 0 Å². The molecule has 108 valence electrons. The number of aromatic nitrogens is 2. The van der Waals surface area contributed by atoms with Crippen LogP contribution in [0.3, 0.4) is 0 Å². The van der Waals surface area contributed by atoms with Gasteiger partial charge >= 0.3 is 0 Å². The molecule has 1 fully saturated rings. The van der Waals surface area contributed by atoms with Crippen LogP contribution in [-0.4, -0.2) is 39.8 Å². The van der Waals surface area contributed by atoms with Crippen molar-refractivity contribution in [1.82, 2.24) is 13.6 Å². The molecule has 0 amide bonds. The Morgan fingerprint density at radius 1 is 1.20 bits per heavy atom. The third-order valence-electron chi connectivity index (χ3n) is 3.74. The maximum atomic E-state index is 6.33. The molecule has 1 aliphatic heterocycles. The van der Waals surface area contributed by atoms with E-state index in [1.165, 1.54) is 18.1 Å². The summed E-state index contributed by atoms with van der Waals surface area (Å²) in [4.78, 5) is 2.37. The molecule has 4 nitrogen and oxygen atoms in total. The van der Waals surface area contributed by atoms with Gasteiger partial charge in [-0.25, -0.2) is 0 Å². The summed E-state index contributed by atoms with van der Waals surface area (Å²) in [7, 11) is 2.17. The first kappa shape index (κ1) is 14.3. The molecular formula is C13H16Cl2N4S. The Morgan fingerprint density at radius 2 is 2.00 bits per heavy atom. The highest BCUT2D eigenvalue weighted by Crippen LogP contribution is 2.36. The van der Waals surface area contributed by atoms with Crippen molar-refractivity contribution >= 4 is 51.7 Å². The fraction of sp³-hybridized carbons (Fsp3) is 0.538. The fourth-order valence-corrected chi connectivity index (χ4v) is 3.77. The third-order valence-corrected chi connectivity index (χ3v) is 4.86. The molecule has 1 N–H and O–H groups in total. The van der Waals surface area contributed by atoms with Crippen LogP contribution in [-0.2, 0) is 0 Å². The normalized spacial score (nSPS) is 21.1. The first-order valence-corrected chi connectivity index (χ1v) is 8.19. The summed E-state index contributed by atoms with van der Waals surface area (Å²) in [6.45, 7) is 2.25. The molecule has 0 radical (unpaired) electrons. The number of halogens is 2. The average molecular weight is 331 g/mol. The van der Waals surface area contributed by atoms with Crippen molar-refractivity contribution in [2.24, 2.45) is 0 Å². The van der Waals surface area contributed by atoms with Crippen molar-refractivity contribution in [3.8, 4) is 0 Å². The zero-order chi connectivity index (χ0) is 14.1. The minimum absolute atomic E-state index is 0.420. The maximum absolute atomic E-state index is 6.33. The Labute approximate surface area is 132 Å². The molecule has 1 aromatic heterocycles. The second kappa shape index (κ2) is 6.02. The van der Waals surface area contributed by atoms with Gasteiger partial charge in [0.25, 0.3) is 0 Å². The van der Waals surface area contributed by atoms with Crippen LogP contribution in [0.15, 0.2) is 6.07 Å². The second-order valence-corrected chi connectivity index (χ2v) is 6.59. The number of anilines is 1. The molecule has 2 heterocycles. The van der Waals surface area contributed by atoms with E-state index in [2.05, 4.69) is 26.0 Å². The van der Waals surface area contributed by atoms with Gasteiger partial charge in [-0.2, -0.15) is 8.75 Å². The van der Waals surface area contributed by atoms with E-state index >= 15 is 0 Å². The lowest BCUT2D eigenvalue weighted by molar-refractivity contribution is 0.348. The molecule has 0 aliphatic carbocycles. The molecule has 2 aromatic rings. The topological polar surface area (TPSA) is 41.0 Å². The molecule has 0 saturated carbocycles. The molecule has 1 aromatic carbocycles. The quantitative estimate of drug-likeness (QED) is 0.906. The summed E-state index contributed by atoms with van der Waals surface area (Å²) in [5, 5.41) is 4.73. The molecule has 1 unspecified atom stereocenters. The summed E-state index contributed by atoms with van der Waals surface area (Å²) in [6.07, 6.45) is 3.44. The van der Waals surface area contributed by atoms with Gasteiger partial charge in [0, 0.05) is 6.04 Å². The lowest BCUT2D eigenvalue weighted by Crippen LogP contribution is -2.23. The van der Waals surface area contributed by atoms with Crippen LogP contribution in [0, 0.1) is 0 Å². The zero-order valence-electron chi connectivity index (χ0n) is 11.2. The minimum atomic E-state index is 0.420. The number of nitrogens with zero attached hydrogens (tertiary/aromatic N) is 3. The number of rotatable bonds is 2. The first-order valence-electron chi connectivity index (χ1n) is 6.70. The highest BCUT2D eigenvalue weighted by atomic mass is 35.5. The molecule has 3 rings (SSSR count). The van der Waals surface area contributed by atoms with Gasteiger partial charge in [0.15, 0.2) is 0 Å². The fourth-order valence-electron chi connectivity index (χ4n) is 2.60. The Balaban J connectivity index is 1.88. The van der Waals surface area contributed by atoms with Crippen LogP contribution in [0.25, 0.3) is 11.0 Å². The largest absolute Gasteiger partial charge is 0.379 e. The van der Waals surface area contributed by atoms with Crippen molar-refractivity contribution in [3.05, 3.63) is 16.1 Å². The van der Waals surface area contributed by atoms with E-state index in [0.717, 1.165) is 42.7 Å². The highest BCUT2D eigenvalue weighted by molar-refractivity contribution is 7.00. The average Bonchev–Trinajstić information content (AvgIpc) is 2.81. The number of nitrogens with one attached hydrogen (secondary N) is 1. The molecule has 20 heavy (non-hydrogen) atoms. The number of hydrogen-bond donors (Lipinski definition) is 1. The van der Waals surface area contributed by atoms with Crippen LogP contribution >= 0.6 is 34.9 Å². The van der Waals surface area contributed by atoms with Gasteiger partial charge < -0.3 is 10.2 Å². The van der Waals surface area contributed by atoms with E-state index in [1.54, 1.807) is 6.07 Å². The van der Waals surface area contributed by atoms with Crippen LogP contribution in [0.2, 0.25) is 10.0 Å². The van der Waals surface area contributed by atoms with E-state index in [-0.39, 0.29) is 0 Å². The zero-order valence-corrected chi connectivity index (χ0v) is 13.5. The molecular weight excluding hydrogens is 315 g/mol. The van der Waals surface area contributed by atoms with Gasteiger partial charge in [-0.1, -0.05) is 23.2 Å². The van der Waals surface area contributed by atoms with Gasteiger partial charge in [-0.15, -0.1) is 0 Å². The Kier molecular flexibility index (Phi) is 4.31. The van der Waals surface area contributed by atoms with Crippen LogP contribution in [0.1, 0.15) is 19.3 Å². The summed E-state index contributed by atoms with van der Waals surface area (Å²) in [5.41, 5.74) is 2.38. The Bertz CT molecular complexity index is 616. The third kappa shape index (κ3) is 2.86. The van der Waals surface area contributed by atoms with Gasteiger partial charge in [-0.3, -0.25) is 0 Å². The lowest BCUT2D eigenvalue weighted by Gasteiger charge is -2.19. The Hall–Kier alpha value is -0.620. The summed E-state index contributed by atoms with van der Waals surface area (Å²) in [5.74, 6) is 0. The van der Waals surface area contributed by atoms with E-state index in [9.17, 15) is 0 Å². The van der Waals surface area contributed by atoms with E-state index < -0.39 is 0 Å². The van der Waals surface area contributed by atoms with Gasteiger partial charge in [-0.05, 0) is 45.5 Å². The van der Waals surface area contributed by atoms with Crippen molar-refractivity contribution < 1.29 is 0 Å². The molecule has 1 saturated heterocycles. The van der Waals surface area contributed by atoms with Crippen molar-refractivity contribution in [3.63, 3.8) is 0 Å². The Morgan fingerprint density at radius 3 is 2.85 bits per heavy atom. The molecule has 1 aliphatic rings.